The molecule has 1 amide bonds. The number of tetrazole rings is 1. The van der Waals surface area contributed by atoms with Crippen molar-refractivity contribution >= 4 is 29.0 Å². The minimum absolute atomic E-state index is 0.126. The van der Waals surface area contributed by atoms with Gasteiger partial charge in [0.05, 0.1) is 11.4 Å². The Bertz CT molecular complexity index is 936. The van der Waals surface area contributed by atoms with Crippen molar-refractivity contribution in [2.75, 3.05) is 29.1 Å². The maximum Gasteiger partial charge on any atom is 0.234 e. The van der Waals surface area contributed by atoms with E-state index in [1.54, 1.807) is 24.3 Å². The summed E-state index contributed by atoms with van der Waals surface area (Å²) in [7, 11) is 0. The zero-order valence-electron chi connectivity index (χ0n) is 15.2. The second kappa shape index (κ2) is 8.30. The van der Waals surface area contributed by atoms with Crippen molar-refractivity contribution in [1.82, 2.24) is 20.2 Å². The minimum atomic E-state index is -0.126. The molecule has 0 radical (unpaired) electrons. The van der Waals surface area contributed by atoms with Crippen LogP contribution >= 0.6 is 11.8 Å². The smallest absolute Gasteiger partial charge is 0.234 e. The van der Waals surface area contributed by atoms with E-state index in [0.29, 0.717) is 10.8 Å². The van der Waals surface area contributed by atoms with Gasteiger partial charge < -0.3 is 15.3 Å². The van der Waals surface area contributed by atoms with Crippen LogP contribution in [0.1, 0.15) is 12.8 Å². The molecule has 9 heteroatoms. The topological polar surface area (TPSA) is 96.2 Å². The van der Waals surface area contributed by atoms with Crippen LogP contribution in [0.15, 0.2) is 53.7 Å². The predicted octanol–water partition coefficient (Wildman–Crippen LogP) is 2.70. The number of carbonyl (C=O) groups excluding carboxylic acids is 1. The lowest BCUT2D eigenvalue weighted by Gasteiger charge is -2.17. The second-order valence-corrected chi connectivity index (χ2v) is 7.41. The van der Waals surface area contributed by atoms with Gasteiger partial charge in [0, 0.05) is 24.5 Å². The number of aromatic nitrogens is 4. The van der Waals surface area contributed by atoms with Gasteiger partial charge in [-0.25, -0.2) is 0 Å². The first kappa shape index (κ1) is 18.3. The Balaban J connectivity index is 1.34. The SMILES string of the molecule is O=C(CSc1nnnn1-c1ccc(O)cc1)Nc1ccc(N2CCCC2)cc1. The Labute approximate surface area is 166 Å². The van der Waals surface area contributed by atoms with Crippen LogP contribution in [0.4, 0.5) is 11.4 Å². The van der Waals surface area contributed by atoms with Crippen molar-refractivity contribution in [3.63, 3.8) is 0 Å². The van der Waals surface area contributed by atoms with E-state index in [-0.39, 0.29) is 17.4 Å². The molecule has 0 aliphatic carbocycles. The number of thioether (sulfide) groups is 1. The van der Waals surface area contributed by atoms with Gasteiger partial charge in [0.2, 0.25) is 11.1 Å². The fourth-order valence-corrected chi connectivity index (χ4v) is 3.77. The molecule has 1 saturated heterocycles. The molecule has 0 spiro atoms. The van der Waals surface area contributed by atoms with E-state index < -0.39 is 0 Å². The van der Waals surface area contributed by atoms with Gasteiger partial charge in [0.25, 0.3) is 0 Å². The summed E-state index contributed by atoms with van der Waals surface area (Å²) in [6, 6.07) is 14.5. The highest BCUT2D eigenvalue weighted by Gasteiger charge is 2.14. The maximum atomic E-state index is 12.3. The van der Waals surface area contributed by atoms with Crippen LogP contribution in [0.25, 0.3) is 5.69 Å². The Hall–Kier alpha value is -3.07. The number of hydrogen-bond acceptors (Lipinski definition) is 7. The summed E-state index contributed by atoms with van der Waals surface area (Å²) in [6.45, 7) is 2.19. The molecule has 0 atom stereocenters. The zero-order chi connectivity index (χ0) is 19.3. The van der Waals surface area contributed by atoms with E-state index >= 15 is 0 Å². The number of anilines is 2. The average molecular weight is 396 g/mol. The quantitative estimate of drug-likeness (QED) is 0.619. The van der Waals surface area contributed by atoms with Crippen molar-refractivity contribution < 1.29 is 9.90 Å². The van der Waals surface area contributed by atoms with Gasteiger partial charge in [-0.15, -0.1) is 5.10 Å². The van der Waals surface area contributed by atoms with Crippen LogP contribution in [0.2, 0.25) is 0 Å². The Morgan fingerprint density at radius 3 is 2.43 bits per heavy atom. The third-order valence-corrected chi connectivity index (χ3v) is 5.41. The van der Waals surface area contributed by atoms with E-state index in [1.165, 1.54) is 35.0 Å². The van der Waals surface area contributed by atoms with Crippen molar-refractivity contribution in [2.45, 2.75) is 18.0 Å². The molecule has 4 rings (SSSR count). The number of aromatic hydroxyl groups is 1. The van der Waals surface area contributed by atoms with Gasteiger partial charge >= 0.3 is 0 Å². The van der Waals surface area contributed by atoms with E-state index in [4.69, 9.17) is 0 Å². The molecule has 0 saturated carbocycles. The Morgan fingerprint density at radius 1 is 1.04 bits per heavy atom. The molecular weight excluding hydrogens is 376 g/mol. The van der Waals surface area contributed by atoms with Gasteiger partial charge in [-0.05, 0) is 71.8 Å². The minimum Gasteiger partial charge on any atom is -0.508 e. The van der Waals surface area contributed by atoms with Gasteiger partial charge in [0.1, 0.15) is 5.75 Å². The van der Waals surface area contributed by atoms with E-state index in [9.17, 15) is 9.90 Å². The molecular formula is C19H20N6O2S. The van der Waals surface area contributed by atoms with Gasteiger partial charge in [-0.2, -0.15) is 4.68 Å². The lowest BCUT2D eigenvalue weighted by atomic mass is 10.2. The summed E-state index contributed by atoms with van der Waals surface area (Å²) in [5.74, 6) is 0.229. The summed E-state index contributed by atoms with van der Waals surface area (Å²) in [4.78, 5) is 14.6. The van der Waals surface area contributed by atoms with E-state index in [1.807, 2.05) is 24.3 Å². The number of phenols is 1. The van der Waals surface area contributed by atoms with E-state index in [2.05, 4.69) is 25.7 Å². The lowest BCUT2D eigenvalue weighted by molar-refractivity contribution is -0.113. The molecule has 3 aromatic rings. The Kier molecular flexibility index (Phi) is 5.43. The molecule has 2 N–H and O–H groups in total. The number of phenolic OH excluding ortho intramolecular Hbond substituents is 1. The molecule has 1 aromatic heterocycles. The lowest BCUT2D eigenvalue weighted by Crippen LogP contribution is -2.18. The Morgan fingerprint density at radius 2 is 1.71 bits per heavy atom. The monoisotopic (exact) mass is 396 g/mol. The van der Waals surface area contributed by atoms with Gasteiger partial charge in [-0.3, -0.25) is 4.79 Å². The summed E-state index contributed by atoms with van der Waals surface area (Å²) < 4.78 is 1.53. The standard InChI is InChI=1S/C19H20N6O2S/c26-17-9-7-16(8-10-17)25-19(21-22-23-25)28-13-18(27)20-14-3-5-15(6-4-14)24-11-1-2-12-24/h3-10,26H,1-2,11-13H2,(H,20,27). The normalized spacial score (nSPS) is 13.6. The summed E-state index contributed by atoms with van der Waals surface area (Å²) in [6.07, 6.45) is 2.47. The number of carbonyl (C=O) groups is 1. The van der Waals surface area contributed by atoms with Gasteiger partial charge in [-0.1, -0.05) is 11.8 Å². The van der Waals surface area contributed by atoms with Crippen molar-refractivity contribution in [2.24, 2.45) is 0 Å². The predicted molar refractivity (Wildman–Crippen MR) is 108 cm³/mol. The largest absolute Gasteiger partial charge is 0.508 e. The highest BCUT2D eigenvalue weighted by molar-refractivity contribution is 7.99. The van der Waals surface area contributed by atoms with Crippen LogP contribution in [0.3, 0.4) is 0 Å². The van der Waals surface area contributed by atoms with Crippen LogP contribution in [0, 0.1) is 0 Å². The average Bonchev–Trinajstić information content (AvgIpc) is 3.40. The molecule has 28 heavy (non-hydrogen) atoms. The molecule has 2 heterocycles. The first-order chi connectivity index (χ1) is 13.7. The number of nitrogens with zero attached hydrogens (tertiary/aromatic N) is 5. The first-order valence-corrected chi connectivity index (χ1v) is 10.0. The number of benzene rings is 2. The van der Waals surface area contributed by atoms with Crippen LogP contribution < -0.4 is 10.2 Å². The molecule has 1 fully saturated rings. The fourth-order valence-electron chi connectivity index (χ4n) is 3.08. The number of nitrogens with one attached hydrogen (secondary N) is 1. The number of amides is 1. The fraction of sp³-hybridized carbons (Fsp3) is 0.263. The highest BCUT2D eigenvalue weighted by Crippen LogP contribution is 2.23. The second-order valence-electron chi connectivity index (χ2n) is 6.47. The van der Waals surface area contributed by atoms with Crippen LogP contribution in [0.5, 0.6) is 5.75 Å². The van der Waals surface area contributed by atoms with Crippen molar-refractivity contribution in [1.29, 1.82) is 0 Å². The maximum absolute atomic E-state index is 12.3. The molecule has 1 aliphatic heterocycles. The third-order valence-electron chi connectivity index (χ3n) is 4.49. The van der Waals surface area contributed by atoms with Crippen LogP contribution in [-0.4, -0.2) is 50.1 Å². The summed E-state index contributed by atoms with van der Waals surface area (Å²) in [5.41, 5.74) is 2.67. The summed E-state index contributed by atoms with van der Waals surface area (Å²) in [5, 5.41) is 24.4. The highest BCUT2D eigenvalue weighted by atomic mass is 32.2. The van der Waals surface area contributed by atoms with E-state index in [0.717, 1.165) is 18.8 Å². The zero-order valence-corrected chi connectivity index (χ0v) is 16.0. The van der Waals surface area contributed by atoms with Crippen molar-refractivity contribution in [3.05, 3.63) is 48.5 Å². The molecule has 144 valence electrons. The number of hydrogen-bond donors (Lipinski definition) is 2. The van der Waals surface area contributed by atoms with Crippen LogP contribution in [-0.2, 0) is 4.79 Å². The van der Waals surface area contributed by atoms with Gasteiger partial charge in [0.15, 0.2) is 0 Å². The van der Waals surface area contributed by atoms with Crippen molar-refractivity contribution in [3.8, 4) is 11.4 Å². The molecule has 0 unspecified atom stereocenters. The molecule has 2 aromatic carbocycles. The summed E-state index contributed by atoms with van der Waals surface area (Å²) >= 11 is 1.25. The molecule has 8 nitrogen and oxygen atoms in total. The number of rotatable bonds is 6. The first-order valence-electron chi connectivity index (χ1n) is 9.04. The third kappa shape index (κ3) is 4.25. The molecule has 1 aliphatic rings. The molecule has 0 bridgehead atoms.